The van der Waals surface area contributed by atoms with Crippen molar-refractivity contribution in [1.82, 2.24) is 4.98 Å². The zero-order valence-corrected chi connectivity index (χ0v) is 18.5. The van der Waals surface area contributed by atoms with E-state index < -0.39 is 0 Å². The monoisotopic (exact) mass is 449 g/mol. The molecule has 0 aliphatic carbocycles. The van der Waals surface area contributed by atoms with E-state index in [4.69, 9.17) is 4.74 Å². The number of thiazole rings is 1. The quantitative estimate of drug-likeness (QED) is 0.396. The number of rotatable bonds is 6. The van der Waals surface area contributed by atoms with Gasteiger partial charge in [-0.25, -0.2) is 4.98 Å². The fraction of sp³-hybridized carbons (Fsp3) is 0.0870. The van der Waals surface area contributed by atoms with Crippen LogP contribution < -0.4 is 15.4 Å². The van der Waals surface area contributed by atoms with Gasteiger partial charge in [0.15, 0.2) is 0 Å². The van der Waals surface area contributed by atoms with Crippen LogP contribution in [0.25, 0.3) is 10.6 Å². The van der Waals surface area contributed by atoms with Crippen molar-refractivity contribution in [3.05, 3.63) is 81.5 Å². The van der Waals surface area contributed by atoms with Crippen molar-refractivity contribution < 1.29 is 14.3 Å². The molecule has 0 aliphatic heterocycles. The van der Waals surface area contributed by atoms with Crippen LogP contribution in [0.15, 0.2) is 65.4 Å². The fourth-order valence-corrected chi connectivity index (χ4v) is 4.56. The maximum absolute atomic E-state index is 12.7. The van der Waals surface area contributed by atoms with Crippen LogP contribution in [0.4, 0.5) is 11.4 Å². The number of aromatic nitrogens is 1. The molecule has 156 valence electrons. The van der Waals surface area contributed by atoms with Gasteiger partial charge in [-0.1, -0.05) is 0 Å². The van der Waals surface area contributed by atoms with Gasteiger partial charge in [0.1, 0.15) is 15.6 Å². The zero-order chi connectivity index (χ0) is 21.8. The molecule has 0 bridgehead atoms. The van der Waals surface area contributed by atoms with Crippen LogP contribution in [0.5, 0.6) is 5.75 Å². The molecule has 0 radical (unpaired) electrons. The third-order valence-electron chi connectivity index (χ3n) is 4.52. The van der Waals surface area contributed by atoms with E-state index in [1.807, 2.05) is 23.8 Å². The third kappa shape index (κ3) is 4.82. The second-order valence-corrected chi connectivity index (χ2v) is 8.44. The van der Waals surface area contributed by atoms with Crippen molar-refractivity contribution in [3.63, 3.8) is 0 Å². The summed E-state index contributed by atoms with van der Waals surface area (Å²) in [5.41, 5.74) is 3.48. The second-order valence-electron chi connectivity index (χ2n) is 6.66. The molecule has 2 heterocycles. The molecule has 0 unspecified atom stereocenters. The minimum Gasteiger partial charge on any atom is -0.497 e. The summed E-state index contributed by atoms with van der Waals surface area (Å²) < 4.78 is 5.11. The Hall–Kier alpha value is -3.49. The highest BCUT2D eigenvalue weighted by Gasteiger charge is 2.17. The molecule has 8 heteroatoms. The summed E-state index contributed by atoms with van der Waals surface area (Å²) in [5, 5.41) is 10.5. The van der Waals surface area contributed by atoms with Gasteiger partial charge in [0.25, 0.3) is 11.8 Å². The summed E-state index contributed by atoms with van der Waals surface area (Å²) in [6.07, 6.45) is 0. The highest BCUT2D eigenvalue weighted by atomic mass is 32.1. The SMILES string of the molecule is COc1ccc(NC(=O)c2ccc(NC(=O)c3sc(-c4ccsc4)nc3C)cc2)cc1. The van der Waals surface area contributed by atoms with Gasteiger partial charge in [0, 0.05) is 27.9 Å². The van der Waals surface area contributed by atoms with Crippen molar-refractivity contribution in [1.29, 1.82) is 0 Å². The van der Waals surface area contributed by atoms with Crippen molar-refractivity contribution in [3.8, 4) is 16.3 Å². The number of carbonyl (C=O) groups excluding carboxylic acids is 2. The molecule has 6 nitrogen and oxygen atoms in total. The Balaban J connectivity index is 1.41. The van der Waals surface area contributed by atoms with E-state index >= 15 is 0 Å². The Morgan fingerprint density at radius 3 is 2.16 bits per heavy atom. The number of hydrogen-bond acceptors (Lipinski definition) is 6. The average molecular weight is 450 g/mol. The molecule has 2 aromatic heterocycles. The molecule has 0 atom stereocenters. The third-order valence-corrected chi connectivity index (χ3v) is 6.41. The van der Waals surface area contributed by atoms with Crippen LogP contribution >= 0.6 is 22.7 Å². The van der Waals surface area contributed by atoms with Gasteiger partial charge in [-0.05, 0) is 66.9 Å². The van der Waals surface area contributed by atoms with Gasteiger partial charge in [0.05, 0.1) is 12.8 Å². The Morgan fingerprint density at radius 2 is 1.55 bits per heavy atom. The standard InChI is InChI=1S/C23H19N3O3S2/c1-14-20(31-23(24-14)16-11-12-30-13-16)22(28)26-17-5-3-15(4-6-17)21(27)25-18-7-9-19(29-2)10-8-18/h3-13H,1-2H3,(H,25,27)(H,26,28). The lowest BCUT2D eigenvalue weighted by molar-refractivity contribution is 0.102. The lowest BCUT2D eigenvalue weighted by Gasteiger charge is -2.08. The number of thiophene rings is 1. The first kappa shape index (κ1) is 20.8. The van der Waals surface area contributed by atoms with Gasteiger partial charge in [-0.15, -0.1) is 11.3 Å². The number of amides is 2. The van der Waals surface area contributed by atoms with E-state index in [-0.39, 0.29) is 11.8 Å². The first-order valence-electron chi connectivity index (χ1n) is 9.40. The number of nitrogens with one attached hydrogen (secondary N) is 2. The van der Waals surface area contributed by atoms with Gasteiger partial charge in [0.2, 0.25) is 0 Å². The molecule has 0 aliphatic rings. The van der Waals surface area contributed by atoms with Crippen LogP contribution in [0.2, 0.25) is 0 Å². The van der Waals surface area contributed by atoms with E-state index in [1.165, 1.54) is 11.3 Å². The summed E-state index contributed by atoms with van der Waals surface area (Å²) in [5.74, 6) is 0.269. The molecule has 2 N–H and O–H groups in total. The number of anilines is 2. The van der Waals surface area contributed by atoms with Crippen molar-refractivity contribution in [2.75, 3.05) is 17.7 Å². The van der Waals surface area contributed by atoms with Crippen LogP contribution in [-0.2, 0) is 0 Å². The Bertz CT molecular complexity index is 1200. The highest BCUT2D eigenvalue weighted by molar-refractivity contribution is 7.17. The lowest BCUT2D eigenvalue weighted by Crippen LogP contribution is -2.13. The molecule has 31 heavy (non-hydrogen) atoms. The number of methoxy groups -OCH3 is 1. The number of benzene rings is 2. The van der Waals surface area contributed by atoms with Gasteiger partial charge in [-0.3, -0.25) is 9.59 Å². The van der Waals surface area contributed by atoms with E-state index in [2.05, 4.69) is 15.6 Å². The summed E-state index contributed by atoms with van der Waals surface area (Å²) in [6.45, 7) is 1.83. The van der Waals surface area contributed by atoms with Crippen molar-refractivity contribution in [2.24, 2.45) is 0 Å². The predicted molar refractivity (Wildman–Crippen MR) is 126 cm³/mol. The molecular weight excluding hydrogens is 430 g/mol. The lowest BCUT2D eigenvalue weighted by atomic mass is 10.2. The Labute approximate surface area is 187 Å². The van der Waals surface area contributed by atoms with Crippen molar-refractivity contribution in [2.45, 2.75) is 6.92 Å². The van der Waals surface area contributed by atoms with Crippen LogP contribution in [0.3, 0.4) is 0 Å². The van der Waals surface area contributed by atoms with Gasteiger partial charge >= 0.3 is 0 Å². The molecule has 0 fully saturated rings. The number of carbonyl (C=O) groups is 2. The predicted octanol–water partition coefficient (Wildman–Crippen LogP) is 5.69. The smallest absolute Gasteiger partial charge is 0.267 e. The van der Waals surface area contributed by atoms with E-state index in [1.54, 1.807) is 67.0 Å². The number of ether oxygens (including phenoxy) is 1. The van der Waals surface area contributed by atoms with Crippen LogP contribution in [-0.4, -0.2) is 23.9 Å². The Morgan fingerprint density at radius 1 is 0.903 bits per heavy atom. The molecule has 0 saturated heterocycles. The maximum Gasteiger partial charge on any atom is 0.267 e. The largest absolute Gasteiger partial charge is 0.497 e. The van der Waals surface area contributed by atoms with E-state index in [0.29, 0.717) is 27.5 Å². The topological polar surface area (TPSA) is 80.3 Å². The summed E-state index contributed by atoms with van der Waals surface area (Å²) >= 11 is 2.96. The summed E-state index contributed by atoms with van der Waals surface area (Å²) in [4.78, 5) is 30.2. The van der Waals surface area contributed by atoms with Crippen LogP contribution in [0.1, 0.15) is 25.7 Å². The molecular formula is C23H19N3O3S2. The molecule has 0 spiro atoms. The Kier molecular flexibility index (Phi) is 6.11. The van der Waals surface area contributed by atoms with E-state index in [9.17, 15) is 9.59 Å². The first-order chi connectivity index (χ1) is 15.0. The number of hydrogen-bond donors (Lipinski definition) is 2. The average Bonchev–Trinajstić information content (AvgIpc) is 3.44. The number of aryl methyl sites for hydroxylation is 1. The zero-order valence-electron chi connectivity index (χ0n) is 16.8. The minimum atomic E-state index is -0.234. The van der Waals surface area contributed by atoms with E-state index in [0.717, 1.165) is 16.3 Å². The minimum absolute atomic E-state index is 0.216. The normalized spacial score (nSPS) is 10.5. The molecule has 4 rings (SSSR count). The van der Waals surface area contributed by atoms with Crippen molar-refractivity contribution >= 4 is 45.9 Å². The van der Waals surface area contributed by atoms with Gasteiger partial charge in [-0.2, -0.15) is 11.3 Å². The highest BCUT2D eigenvalue weighted by Crippen LogP contribution is 2.30. The molecule has 2 amide bonds. The van der Waals surface area contributed by atoms with Crippen LogP contribution in [0, 0.1) is 6.92 Å². The molecule has 4 aromatic rings. The number of nitrogens with zero attached hydrogens (tertiary/aromatic N) is 1. The molecule has 2 aromatic carbocycles. The second kappa shape index (κ2) is 9.11. The van der Waals surface area contributed by atoms with Gasteiger partial charge < -0.3 is 15.4 Å². The maximum atomic E-state index is 12.7. The summed E-state index contributed by atoms with van der Waals surface area (Å²) in [7, 11) is 1.59. The first-order valence-corrected chi connectivity index (χ1v) is 11.2. The fourth-order valence-electron chi connectivity index (χ4n) is 2.89. The summed E-state index contributed by atoms with van der Waals surface area (Å²) in [6, 6.07) is 15.8. The molecule has 0 saturated carbocycles.